The van der Waals surface area contributed by atoms with Crippen molar-refractivity contribution in [2.24, 2.45) is 5.73 Å². The lowest BCUT2D eigenvalue weighted by molar-refractivity contribution is -0.0630. The quantitative estimate of drug-likeness (QED) is 0.108. The summed E-state index contributed by atoms with van der Waals surface area (Å²) < 4.78 is 5.80. The first-order valence-electron chi connectivity index (χ1n) is 13.1. The summed E-state index contributed by atoms with van der Waals surface area (Å²) in [6.07, 6.45) is 17.9. The van der Waals surface area contributed by atoms with E-state index < -0.39 is 11.6 Å². The fourth-order valence-corrected chi connectivity index (χ4v) is 4.01. The zero-order valence-corrected chi connectivity index (χ0v) is 20.9. The minimum absolute atomic E-state index is 0.389. The van der Waals surface area contributed by atoms with Crippen molar-refractivity contribution in [3.8, 4) is 5.75 Å². The smallest absolute Gasteiger partial charge is 0.292 e. The largest absolute Gasteiger partial charge is 0.451 e. The molecule has 0 saturated heterocycles. The molecule has 0 aromatic heterocycles. The van der Waals surface area contributed by atoms with Gasteiger partial charge < -0.3 is 15.6 Å². The van der Waals surface area contributed by atoms with Crippen LogP contribution in [0.1, 0.15) is 93.5 Å². The highest BCUT2D eigenvalue weighted by molar-refractivity contribution is 6.02. The van der Waals surface area contributed by atoms with Gasteiger partial charge in [-0.25, -0.2) is 0 Å². The molecule has 0 aliphatic carbocycles. The van der Waals surface area contributed by atoms with Gasteiger partial charge in [-0.3, -0.25) is 4.79 Å². The average Bonchev–Trinajstić information content (AvgIpc) is 2.86. The van der Waals surface area contributed by atoms with Gasteiger partial charge in [0.2, 0.25) is 5.78 Å². The van der Waals surface area contributed by atoms with Gasteiger partial charge in [0, 0.05) is 5.56 Å². The van der Waals surface area contributed by atoms with Crippen LogP contribution in [0.3, 0.4) is 0 Å². The first kappa shape index (κ1) is 27.8. The molecule has 0 heterocycles. The van der Waals surface area contributed by atoms with E-state index in [0.717, 1.165) is 6.42 Å². The van der Waals surface area contributed by atoms with Crippen molar-refractivity contribution in [2.45, 2.75) is 89.8 Å². The predicted molar refractivity (Wildman–Crippen MR) is 141 cm³/mol. The molecule has 2 aromatic carbocycles. The second kappa shape index (κ2) is 16.2. The van der Waals surface area contributed by atoms with Gasteiger partial charge in [-0.15, -0.1) is 0 Å². The number of Topliss-reactive ketones (excluding diaryl/α,β-unsaturated/α-hetero) is 1. The van der Waals surface area contributed by atoms with Crippen LogP contribution in [0.25, 0.3) is 0 Å². The van der Waals surface area contributed by atoms with Crippen LogP contribution in [-0.2, 0) is 6.42 Å². The molecule has 4 nitrogen and oxygen atoms in total. The Bertz CT molecular complexity index is 832. The van der Waals surface area contributed by atoms with Crippen molar-refractivity contribution in [3.63, 3.8) is 0 Å². The molecule has 0 aliphatic rings. The van der Waals surface area contributed by atoms with Crippen molar-refractivity contribution < 1.29 is 14.6 Å². The summed E-state index contributed by atoms with van der Waals surface area (Å²) in [5, 5.41) is 11.1. The number of nitrogens with two attached hydrogens (primary N) is 1. The highest BCUT2D eigenvalue weighted by atomic mass is 16.6. The Morgan fingerprint density at radius 1 is 0.882 bits per heavy atom. The molecule has 0 bridgehead atoms. The Kier molecular flexibility index (Phi) is 13.3. The number of ketones is 1. The molecule has 1 unspecified atom stereocenters. The maximum atomic E-state index is 13.0. The summed E-state index contributed by atoms with van der Waals surface area (Å²) >= 11 is 0. The van der Waals surface area contributed by atoms with Crippen LogP contribution in [0.5, 0.6) is 5.75 Å². The van der Waals surface area contributed by atoms with E-state index in [9.17, 15) is 9.90 Å². The van der Waals surface area contributed by atoms with Crippen molar-refractivity contribution in [2.75, 3.05) is 6.54 Å². The van der Waals surface area contributed by atoms with Crippen LogP contribution < -0.4 is 10.5 Å². The first-order valence-corrected chi connectivity index (χ1v) is 13.1. The summed E-state index contributed by atoms with van der Waals surface area (Å²) in [7, 11) is 0. The molecule has 0 spiro atoms. The lowest BCUT2D eigenvalue weighted by atomic mass is 10.0. The molecule has 1 atom stereocenters. The van der Waals surface area contributed by atoms with Crippen LogP contribution in [0.15, 0.2) is 66.7 Å². The number of aryl methyl sites for hydroxylation is 1. The average molecular weight is 466 g/mol. The topological polar surface area (TPSA) is 72.6 Å². The summed E-state index contributed by atoms with van der Waals surface area (Å²) in [5.74, 6) is -2.12. The van der Waals surface area contributed by atoms with Gasteiger partial charge in [-0.2, -0.15) is 0 Å². The predicted octanol–water partition coefficient (Wildman–Crippen LogP) is 7.01. The number of benzene rings is 2. The number of rotatable bonds is 18. The first-order chi connectivity index (χ1) is 16.6. The number of unbranched alkanes of at least 4 members (excludes halogenated alkanes) is 9. The Hall–Kier alpha value is -2.43. The second-order valence-electron chi connectivity index (χ2n) is 9.05. The van der Waals surface area contributed by atoms with Crippen LogP contribution in [0, 0.1) is 0 Å². The number of aliphatic hydroxyl groups is 1. The third kappa shape index (κ3) is 10.2. The Labute approximate surface area is 206 Å². The van der Waals surface area contributed by atoms with E-state index in [0.29, 0.717) is 24.3 Å². The summed E-state index contributed by atoms with van der Waals surface area (Å²) in [6.45, 7) is 2.69. The number of hydrogen-bond donors (Lipinski definition) is 2. The minimum atomic E-state index is -2.07. The molecule has 34 heavy (non-hydrogen) atoms. The van der Waals surface area contributed by atoms with E-state index in [1.165, 1.54) is 75.8 Å². The third-order valence-electron chi connectivity index (χ3n) is 6.05. The lowest BCUT2D eigenvalue weighted by Crippen LogP contribution is -2.42. The highest BCUT2D eigenvalue weighted by Gasteiger charge is 2.36. The van der Waals surface area contributed by atoms with E-state index in [2.05, 4.69) is 6.92 Å². The number of carbonyl (C=O) groups excluding carboxylic acids is 1. The van der Waals surface area contributed by atoms with Crippen LogP contribution in [0.4, 0.5) is 0 Å². The minimum Gasteiger partial charge on any atom is -0.451 e. The zero-order valence-electron chi connectivity index (χ0n) is 20.9. The van der Waals surface area contributed by atoms with Crippen LogP contribution >= 0.6 is 0 Å². The van der Waals surface area contributed by atoms with Crippen molar-refractivity contribution in [3.05, 3.63) is 77.9 Å². The van der Waals surface area contributed by atoms with Crippen molar-refractivity contribution >= 4 is 5.78 Å². The monoisotopic (exact) mass is 465 g/mol. The fourth-order valence-electron chi connectivity index (χ4n) is 4.01. The van der Waals surface area contributed by atoms with Gasteiger partial charge >= 0.3 is 0 Å². The van der Waals surface area contributed by atoms with Gasteiger partial charge in [-0.05, 0) is 49.6 Å². The second-order valence-corrected chi connectivity index (χ2v) is 9.05. The Morgan fingerprint density at radius 3 is 2.06 bits per heavy atom. The summed E-state index contributed by atoms with van der Waals surface area (Å²) in [4.78, 5) is 13.0. The normalized spacial score (nSPS) is 13.1. The Morgan fingerprint density at radius 2 is 1.47 bits per heavy atom. The van der Waals surface area contributed by atoms with Gasteiger partial charge in [0.15, 0.2) is 0 Å². The maximum Gasteiger partial charge on any atom is 0.292 e. The Balaban J connectivity index is 1.83. The molecule has 2 aromatic rings. The standard InChI is InChI=1S/C30H43NO3/c1-2-3-4-5-6-7-8-9-10-12-17-26-20-22-28(23-21-26)34-30(33,24-15-16-25-31)29(32)27-18-13-11-14-19-27/h11,13-15,18-24,33H,2-10,12,16-17,25,31H2,1H3. The SMILES string of the molecule is CCCCCCCCCCCCc1ccc(OC(O)(C=CCCN)C(=O)c2ccccc2)cc1. The molecule has 4 heteroatoms. The molecule has 0 radical (unpaired) electrons. The number of hydrogen-bond acceptors (Lipinski definition) is 4. The van der Waals surface area contributed by atoms with Crippen LogP contribution in [0.2, 0.25) is 0 Å². The summed E-state index contributed by atoms with van der Waals surface area (Å²) in [5.41, 5.74) is 7.18. The lowest BCUT2D eigenvalue weighted by Gasteiger charge is -2.25. The molecular formula is C30H43NO3. The van der Waals surface area contributed by atoms with Crippen LogP contribution in [-0.4, -0.2) is 23.2 Å². The van der Waals surface area contributed by atoms with Crippen molar-refractivity contribution in [1.29, 1.82) is 0 Å². The van der Waals surface area contributed by atoms with Gasteiger partial charge in [0.05, 0.1) is 0 Å². The molecule has 0 amide bonds. The molecule has 0 aliphatic heterocycles. The molecular weight excluding hydrogens is 422 g/mol. The molecule has 186 valence electrons. The molecule has 3 N–H and O–H groups in total. The summed E-state index contributed by atoms with van der Waals surface area (Å²) in [6, 6.07) is 16.4. The van der Waals surface area contributed by atoms with E-state index >= 15 is 0 Å². The van der Waals surface area contributed by atoms with E-state index in [1.807, 2.05) is 30.3 Å². The van der Waals surface area contributed by atoms with E-state index in [-0.39, 0.29) is 0 Å². The van der Waals surface area contributed by atoms with Gasteiger partial charge in [0.1, 0.15) is 5.75 Å². The molecule has 2 rings (SSSR count). The van der Waals surface area contributed by atoms with Gasteiger partial charge in [-0.1, -0.05) is 113 Å². The maximum absolute atomic E-state index is 13.0. The zero-order chi connectivity index (χ0) is 24.5. The van der Waals surface area contributed by atoms with E-state index in [4.69, 9.17) is 10.5 Å². The number of ether oxygens (including phenoxy) is 1. The van der Waals surface area contributed by atoms with Gasteiger partial charge in [0.25, 0.3) is 5.79 Å². The van der Waals surface area contributed by atoms with E-state index in [1.54, 1.807) is 30.3 Å². The molecule has 0 fully saturated rings. The van der Waals surface area contributed by atoms with Crippen molar-refractivity contribution in [1.82, 2.24) is 0 Å². The molecule has 0 saturated carbocycles. The highest BCUT2D eigenvalue weighted by Crippen LogP contribution is 2.24. The number of carbonyl (C=O) groups is 1. The third-order valence-corrected chi connectivity index (χ3v) is 6.05. The fraction of sp³-hybridized carbons (Fsp3) is 0.500.